The number of hydrogen-bond donors (Lipinski definition) is 1. The molecule has 0 atom stereocenters. The Morgan fingerprint density at radius 1 is 1.00 bits per heavy atom. The van der Waals surface area contributed by atoms with Gasteiger partial charge >= 0.3 is 6.61 Å². The Balaban J connectivity index is 1.92. The fourth-order valence-corrected chi connectivity index (χ4v) is 4.06. The number of hydrogen-bond acceptors (Lipinski definition) is 5. The molecule has 0 aliphatic carbocycles. The molecule has 0 spiro atoms. The lowest BCUT2D eigenvalue weighted by Crippen LogP contribution is -2.43. The molecule has 0 saturated carbocycles. The fourth-order valence-electron chi connectivity index (χ4n) is 2.72. The van der Waals surface area contributed by atoms with Crippen LogP contribution in [0.1, 0.15) is 0 Å². The van der Waals surface area contributed by atoms with Crippen LogP contribution in [0.15, 0.2) is 58.3 Å². The van der Waals surface area contributed by atoms with Crippen LogP contribution < -0.4 is 15.0 Å². The summed E-state index contributed by atoms with van der Waals surface area (Å²) in [5, 5.41) is 3.24. The zero-order valence-electron chi connectivity index (χ0n) is 13.4. The van der Waals surface area contributed by atoms with Crippen molar-refractivity contribution in [3.8, 4) is 5.75 Å². The summed E-state index contributed by atoms with van der Waals surface area (Å²) in [7, 11) is -3.83. The molecule has 1 heterocycles. The number of benzene rings is 2. The fraction of sp³-hybridized carbons (Fsp3) is 0.294. The van der Waals surface area contributed by atoms with E-state index in [2.05, 4.69) is 15.0 Å². The van der Waals surface area contributed by atoms with Crippen molar-refractivity contribution in [1.29, 1.82) is 0 Å². The second kappa shape index (κ2) is 7.37. The monoisotopic (exact) mass is 368 g/mol. The number of halogens is 2. The van der Waals surface area contributed by atoms with Gasteiger partial charge in [-0.1, -0.05) is 12.1 Å². The van der Waals surface area contributed by atoms with Crippen LogP contribution in [-0.4, -0.2) is 41.2 Å². The topological polar surface area (TPSA) is 58.6 Å². The summed E-state index contributed by atoms with van der Waals surface area (Å²) in [4.78, 5) is 2.15. The normalized spacial score (nSPS) is 15.4. The average molecular weight is 368 g/mol. The van der Waals surface area contributed by atoms with Gasteiger partial charge in [0.2, 0.25) is 9.84 Å². The van der Waals surface area contributed by atoms with Gasteiger partial charge in [-0.3, -0.25) is 0 Å². The van der Waals surface area contributed by atoms with Crippen molar-refractivity contribution in [2.45, 2.75) is 16.4 Å². The van der Waals surface area contributed by atoms with Gasteiger partial charge in [-0.25, -0.2) is 8.42 Å². The van der Waals surface area contributed by atoms with E-state index in [1.807, 2.05) is 6.07 Å². The van der Waals surface area contributed by atoms with E-state index in [-0.39, 0.29) is 15.5 Å². The standard InChI is InChI=1S/C17H18F2N2O3S/c18-17(19)24-14-4-2-6-16(12-14)25(22,23)15-5-1-3-13(11-15)21-9-7-20-8-10-21/h1-6,11-12,17,20H,7-10H2. The first-order chi connectivity index (χ1) is 12.0. The first kappa shape index (κ1) is 17.6. The summed E-state index contributed by atoms with van der Waals surface area (Å²) in [5.74, 6) is -0.186. The third-order valence-electron chi connectivity index (χ3n) is 3.95. The molecule has 1 saturated heterocycles. The predicted octanol–water partition coefficient (Wildman–Crippen LogP) is 2.53. The zero-order chi connectivity index (χ0) is 17.9. The molecule has 25 heavy (non-hydrogen) atoms. The molecule has 3 rings (SSSR count). The third-order valence-corrected chi connectivity index (χ3v) is 5.70. The van der Waals surface area contributed by atoms with Crippen LogP contribution in [0.2, 0.25) is 0 Å². The molecule has 1 fully saturated rings. The van der Waals surface area contributed by atoms with E-state index < -0.39 is 16.4 Å². The molecule has 0 radical (unpaired) electrons. The summed E-state index contributed by atoms with van der Waals surface area (Å²) in [5.41, 5.74) is 0.822. The lowest BCUT2D eigenvalue weighted by Gasteiger charge is -2.29. The Labute approximate surface area is 145 Å². The van der Waals surface area contributed by atoms with Gasteiger partial charge < -0.3 is 15.0 Å². The number of anilines is 1. The Kier molecular flexibility index (Phi) is 5.19. The molecule has 0 bridgehead atoms. The van der Waals surface area contributed by atoms with Crippen LogP contribution in [-0.2, 0) is 9.84 Å². The van der Waals surface area contributed by atoms with Gasteiger partial charge in [0.1, 0.15) is 5.75 Å². The van der Waals surface area contributed by atoms with E-state index in [1.54, 1.807) is 12.1 Å². The summed E-state index contributed by atoms with van der Waals surface area (Å²) in [6, 6.07) is 11.8. The second-order valence-electron chi connectivity index (χ2n) is 5.59. The quantitative estimate of drug-likeness (QED) is 0.879. The van der Waals surface area contributed by atoms with Crippen molar-refractivity contribution in [2.75, 3.05) is 31.1 Å². The van der Waals surface area contributed by atoms with Gasteiger partial charge in [0, 0.05) is 31.9 Å². The van der Waals surface area contributed by atoms with Gasteiger partial charge in [-0.15, -0.1) is 0 Å². The Bertz CT molecular complexity index is 837. The maximum absolute atomic E-state index is 12.8. The predicted molar refractivity (Wildman–Crippen MR) is 90.1 cm³/mol. The van der Waals surface area contributed by atoms with Gasteiger partial charge in [0.15, 0.2) is 0 Å². The minimum absolute atomic E-state index is 0.0805. The minimum Gasteiger partial charge on any atom is -0.435 e. The van der Waals surface area contributed by atoms with Crippen molar-refractivity contribution in [1.82, 2.24) is 5.32 Å². The van der Waals surface area contributed by atoms with Crippen LogP contribution in [0.5, 0.6) is 5.75 Å². The minimum atomic E-state index is -3.83. The summed E-state index contributed by atoms with van der Waals surface area (Å²) < 4.78 is 54.7. The number of nitrogens with one attached hydrogen (secondary N) is 1. The third kappa shape index (κ3) is 4.08. The molecule has 0 aromatic heterocycles. The largest absolute Gasteiger partial charge is 0.435 e. The molecular formula is C17H18F2N2O3S. The summed E-state index contributed by atoms with van der Waals surface area (Å²) in [6.07, 6.45) is 0. The SMILES string of the molecule is O=S(=O)(c1cccc(OC(F)F)c1)c1cccc(N2CCNCC2)c1. The number of sulfone groups is 1. The molecule has 1 aliphatic heterocycles. The van der Waals surface area contributed by atoms with Crippen LogP contribution in [0, 0.1) is 0 Å². The lowest BCUT2D eigenvalue weighted by atomic mass is 10.2. The zero-order valence-corrected chi connectivity index (χ0v) is 14.2. The smallest absolute Gasteiger partial charge is 0.387 e. The van der Waals surface area contributed by atoms with Crippen molar-refractivity contribution < 1.29 is 21.9 Å². The van der Waals surface area contributed by atoms with Crippen molar-refractivity contribution in [3.05, 3.63) is 48.5 Å². The Hall–Kier alpha value is -2.19. The summed E-state index contributed by atoms with van der Waals surface area (Å²) >= 11 is 0. The van der Waals surface area contributed by atoms with Crippen molar-refractivity contribution >= 4 is 15.5 Å². The molecule has 1 aliphatic rings. The first-order valence-corrected chi connectivity index (χ1v) is 9.31. The maximum atomic E-state index is 12.8. The molecule has 1 N–H and O–H groups in total. The highest BCUT2D eigenvalue weighted by molar-refractivity contribution is 7.91. The van der Waals surface area contributed by atoms with E-state index in [9.17, 15) is 17.2 Å². The van der Waals surface area contributed by atoms with Gasteiger partial charge in [-0.05, 0) is 36.4 Å². The number of ether oxygens (including phenoxy) is 1. The Morgan fingerprint density at radius 2 is 1.64 bits per heavy atom. The van der Waals surface area contributed by atoms with Crippen LogP contribution in [0.3, 0.4) is 0 Å². The Morgan fingerprint density at radius 3 is 2.32 bits per heavy atom. The number of alkyl halides is 2. The highest BCUT2D eigenvalue weighted by Gasteiger charge is 2.20. The second-order valence-corrected chi connectivity index (χ2v) is 7.54. The van der Waals surface area contributed by atoms with Gasteiger partial charge in [0.25, 0.3) is 0 Å². The molecule has 8 heteroatoms. The van der Waals surface area contributed by atoms with Crippen LogP contribution in [0.4, 0.5) is 14.5 Å². The number of rotatable bonds is 5. The van der Waals surface area contributed by atoms with E-state index in [0.29, 0.717) is 0 Å². The summed E-state index contributed by atoms with van der Waals surface area (Å²) in [6.45, 7) is 0.255. The van der Waals surface area contributed by atoms with Crippen molar-refractivity contribution in [3.63, 3.8) is 0 Å². The molecule has 2 aromatic rings. The molecule has 0 amide bonds. The first-order valence-electron chi connectivity index (χ1n) is 7.82. The van der Waals surface area contributed by atoms with E-state index in [4.69, 9.17) is 0 Å². The molecule has 134 valence electrons. The molecule has 5 nitrogen and oxygen atoms in total. The van der Waals surface area contributed by atoms with E-state index in [0.717, 1.165) is 37.9 Å². The van der Waals surface area contributed by atoms with Gasteiger partial charge in [-0.2, -0.15) is 8.78 Å². The van der Waals surface area contributed by atoms with E-state index in [1.165, 1.54) is 24.3 Å². The maximum Gasteiger partial charge on any atom is 0.387 e. The molecule has 0 unspecified atom stereocenters. The van der Waals surface area contributed by atoms with E-state index >= 15 is 0 Å². The number of nitrogens with zero attached hydrogens (tertiary/aromatic N) is 1. The molecular weight excluding hydrogens is 350 g/mol. The van der Waals surface area contributed by atoms with Crippen LogP contribution in [0.25, 0.3) is 0 Å². The number of piperazine rings is 1. The van der Waals surface area contributed by atoms with Gasteiger partial charge in [0.05, 0.1) is 9.79 Å². The average Bonchev–Trinajstić information content (AvgIpc) is 2.62. The highest BCUT2D eigenvalue weighted by Crippen LogP contribution is 2.27. The van der Waals surface area contributed by atoms with Crippen LogP contribution >= 0.6 is 0 Å². The van der Waals surface area contributed by atoms with Crippen molar-refractivity contribution in [2.24, 2.45) is 0 Å². The lowest BCUT2D eigenvalue weighted by molar-refractivity contribution is -0.0499. The molecule has 2 aromatic carbocycles. The highest BCUT2D eigenvalue weighted by atomic mass is 32.2.